The number of esters is 1. The molecule has 0 aromatic heterocycles. The van der Waals surface area contributed by atoms with E-state index in [-0.39, 0.29) is 22.6 Å². The van der Waals surface area contributed by atoms with E-state index in [1.165, 1.54) is 6.92 Å². The lowest BCUT2D eigenvalue weighted by atomic mass is 10.2. The van der Waals surface area contributed by atoms with Gasteiger partial charge < -0.3 is 9.47 Å². The minimum Gasteiger partial charge on any atom is -0.480 e. The second kappa shape index (κ2) is 6.55. The summed E-state index contributed by atoms with van der Waals surface area (Å²) in [6.07, 6.45) is -6.18. The van der Waals surface area contributed by atoms with Crippen molar-refractivity contribution in [3.05, 3.63) is 23.8 Å². The van der Waals surface area contributed by atoms with Crippen LogP contribution in [-0.2, 0) is 14.6 Å². The van der Waals surface area contributed by atoms with Gasteiger partial charge >= 0.3 is 12.1 Å². The molecule has 5 nitrogen and oxygen atoms in total. The van der Waals surface area contributed by atoms with Crippen LogP contribution in [0.15, 0.2) is 23.1 Å². The van der Waals surface area contributed by atoms with Gasteiger partial charge in [-0.05, 0) is 24.6 Å². The van der Waals surface area contributed by atoms with Crippen LogP contribution in [-0.4, -0.2) is 40.0 Å². The number of carbonyl (C=O) groups is 1. The third-order valence-corrected chi connectivity index (χ3v) is 3.90. The van der Waals surface area contributed by atoms with Crippen molar-refractivity contribution < 1.29 is 35.9 Å². The maximum absolute atomic E-state index is 12.8. The molecule has 0 radical (unpaired) electrons. The number of hydrogen-bond acceptors (Lipinski definition) is 5. The molecule has 1 aromatic carbocycles. The molecule has 0 fully saturated rings. The Hall–Kier alpha value is -1.77. The van der Waals surface area contributed by atoms with Crippen LogP contribution in [0.4, 0.5) is 13.2 Å². The number of benzene rings is 1. The van der Waals surface area contributed by atoms with E-state index in [0.29, 0.717) is 0 Å². The van der Waals surface area contributed by atoms with Crippen molar-refractivity contribution in [1.29, 1.82) is 0 Å². The number of rotatable bonds is 5. The topological polar surface area (TPSA) is 69.7 Å². The number of methoxy groups -OCH3 is 1. The van der Waals surface area contributed by atoms with Gasteiger partial charge in [0.2, 0.25) is 0 Å². The van der Waals surface area contributed by atoms with Gasteiger partial charge in [0, 0.05) is 6.26 Å². The van der Waals surface area contributed by atoms with Crippen LogP contribution >= 0.6 is 0 Å². The quantitative estimate of drug-likeness (QED) is 0.771. The second-order valence-electron chi connectivity index (χ2n) is 4.48. The van der Waals surface area contributed by atoms with Crippen LogP contribution < -0.4 is 4.74 Å². The molecule has 0 aliphatic carbocycles. The molecule has 0 amide bonds. The highest BCUT2D eigenvalue weighted by atomic mass is 32.2. The van der Waals surface area contributed by atoms with Gasteiger partial charge in [-0.2, -0.15) is 13.2 Å². The average Bonchev–Trinajstić information content (AvgIpc) is 2.41. The molecule has 1 rings (SSSR count). The minimum atomic E-state index is -4.61. The predicted octanol–water partition coefficient (Wildman–Crippen LogP) is 2.60. The molecule has 0 aliphatic rings. The first-order valence-corrected chi connectivity index (χ1v) is 8.05. The summed E-state index contributed by atoms with van der Waals surface area (Å²) in [5.41, 5.74) is -0.381. The van der Waals surface area contributed by atoms with E-state index in [0.717, 1.165) is 31.6 Å². The fourth-order valence-corrected chi connectivity index (χ4v) is 2.29. The van der Waals surface area contributed by atoms with Crippen LogP contribution in [0.2, 0.25) is 0 Å². The van der Waals surface area contributed by atoms with Crippen molar-refractivity contribution in [1.82, 2.24) is 0 Å². The van der Waals surface area contributed by atoms with Gasteiger partial charge in [-0.15, -0.1) is 0 Å². The Bertz CT molecular complexity index is 652. The fraction of sp³-hybridized carbons (Fsp3) is 0.462. The SMILES string of the molecule is CC[C@H](Oc1ccc(S(C)(=O)=O)cc1C(=O)OC)C(F)(F)F. The smallest absolute Gasteiger partial charge is 0.425 e. The Morgan fingerprint density at radius 2 is 1.91 bits per heavy atom. The third kappa shape index (κ3) is 4.36. The molecular formula is C13H15F3O5S. The Balaban J connectivity index is 3.33. The largest absolute Gasteiger partial charge is 0.480 e. The summed E-state index contributed by atoms with van der Waals surface area (Å²) in [7, 11) is -2.60. The van der Waals surface area contributed by atoms with E-state index < -0.39 is 28.1 Å². The summed E-state index contributed by atoms with van der Waals surface area (Å²) in [6, 6.07) is 3.01. The molecule has 9 heteroatoms. The number of ether oxygens (including phenoxy) is 2. The second-order valence-corrected chi connectivity index (χ2v) is 6.49. The van der Waals surface area contributed by atoms with Gasteiger partial charge in [0.25, 0.3) is 0 Å². The Morgan fingerprint density at radius 1 is 1.32 bits per heavy atom. The van der Waals surface area contributed by atoms with E-state index in [9.17, 15) is 26.4 Å². The molecule has 0 unspecified atom stereocenters. The number of alkyl halides is 3. The zero-order valence-electron chi connectivity index (χ0n) is 12.1. The van der Waals surface area contributed by atoms with Crippen molar-refractivity contribution in [3.63, 3.8) is 0 Å². The molecule has 0 aliphatic heterocycles. The lowest BCUT2D eigenvalue weighted by Gasteiger charge is -2.21. The number of carbonyl (C=O) groups excluding carboxylic acids is 1. The lowest BCUT2D eigenvalue weighted by Crippen LogP contribution is -2.34. The maximum atomic E-state index is 12.8. The standard InChI is InChI=1S/C13H15F3O5S/c1-4-11(13(14,15)16)21-10-6-5-8(22(3,18)19)7-9(10)12(17)20-2/h5-7,11H,4H2,1-3H3/t11-/m0/s1. The third-order valence-electron chi connectivity index (χ3n) is 2.79. The van der Waals surface area contributed by atoms with Crippen molar-refractivity contribution in [2.45, 2.75) is 30.5 Å². The summed E-state index contributed by atoms with van der Waals surface area (Å²) in [5.74, 6) is -1.37. The maximum Gasteiger partial charge on any atom is 0.425 e. The molecule has 0 heterocycles. The molecule has 0 spiro atoms. The summed E-state index contributed by atoms with van der Waals surface area (Å²) < 4.78 is 70.5. The predicted molar refractivity (Wildman–Crippen MR) is 71.7 cm³/mol. The first kappa shape index (κ1) is 18.3. The summed E-state index contributed by atoms with van der Waals surface area (Å²) in [4.78, 5) is 11.4. The molecule has 0 saturated heterocycles. The van der Waals surface area contributed by atoms with Crippen molar-refractivity contribution >= 4 is 15.8 Å². The van der Waals surface area contributed by atoms with Crippen molar-refractivity contribution in [2.24, 2.45) is 0 Å². The van der Waals surface area contributed by atoms with Crippen LogP contribution in [0.25, 0.3) is 0 Å². The molecular weight excluding hydrogens is 325 g/mol. The van der Waals surface area contributed by atoms with Crippen LogP contribution in [0.5, 0.6) is 5.75 Å². The number of hydrogen-bond donors (Lipinski definition) is 0. The Morgan fingerprint density at radius 3 is 2.32 bits per heavy atom. The van der Waals surface area contributed by atoms with Gasteiger partial charge in [-0.1, -0.05) is 6.92 Å². The normalized spacial score (nSPS) is 13.5. The van der Waals surface area contributed by atoms with E-state index in [1.54, 1.807) is 0 Å². The first-order chi connectivity index (χ1) is 10.0. The fourth-order valence-electron chi connectivity index (χ4n) is 1.65. The highest BCUT2D eigenvalue weighted by Gasteiger charge is 2.41. The Labute approximate surface area is 125 Å². The summed E-state index contributed by atoms with van der Waals surface area (Å²) in [5, 5.41) is 0. The van der Waals surface area contributed by atoms with Gasteiger partial charge in [-0.25, -0.2) is 13.2 Å². The van der Waals surface area contributed by atoms with E-state index in [1.807, 2.05) is 0 Å². The van der Waals surface area contributed by atoms with Crippen LogP contribution in [0.1, 0.15) is 23.7 Å². The van der Waals surface area contributed by atoms with Gasteiger partial charge in [0.15, 0.2) is 15.9 Å². The minimum absolute atomic E-state index is 0.222. The summed E-state index contributed by atoms with van der Waals surface area (Å²) >= 11 is 0. The van der Waals surface area contributed by atoms with Crippen LogP contribution in [0.3, 0.4) is 0 Å². The molecule has 0 N–H and O–H groups in total. The average molecular weight is 340 g/mol. The summed E-state index contributed by atoms with van der Waals surface area (Å²) in [6.45, 7) is 1.28. The molecule has 124 valence electrons. The zero-order valence-corrected chi connectivity index (χ0v) is 12.9. The van der Waals surface area contributed by atoms with Gasteiger partial charge in [0.1, 0.15) is 11.3 Å². The first-order valence-electron chi connectivity index (χ1n) is 6.16. The van der Waals surface area contributed by atoms with Crippen molar-refractivity contribution in [3.8, 4) is 5.75 Å². The van der Waals surface area contributed by atoms with Gasteiger partial charge in [-0.3, -0.25) is 0 Å². The van der Waals surface area contributed by atoms with Crippen LogP contribution in [0, 0.1) is 0 Å². The molecule has 0 bridgehead atoms. The van der Waals surface area contributed by atoms with Crippen molar-refractivity contribution in [2.75, 3.05) is 13.4 Å². The van der Waals surface area contributed by atoms with E-state index in [2.05, 4.69) is 4.74 Å². The highest BCUT2D eigenvalue weighted by molar-refractivity contribution is 7.90. The number of sulfone groups is 1. The lowest BCUT2D eigenvalue weighted by molar-refractivity contribution is -0.195. The monoisotopic (exact) mass is 340 g/mol. The molecule has 1 aromatic rings. The number of halogens is 3. The highest BCUT2D eigenvalue weighted by Crippen LogP contribution is 2.30. The zero-order chi connectivity index (χ0) is 17.1. The molecule has 22 heavy (non-hydrogen) atoms. The molecule has 0 saturated carbocycles. The van der Waals surface area contributed by atoms with Gasteiger partial charge in [0.05, 0.1) is 12.0 Å². The Kier molecular flexibility index (Phi) is 5.44. The molecule has 1 atom stereocenters. The van der Waals surface area contributed by atoms with E-state index in [4.69, 9.17) is 4.74 Å². The van der Waals surface area contributed by atoms with E-state index >= 15 is 0 Å².